The Hall–Kier alpha value is -1.70. The van der Waals surface area contributed by atoms with Crippen LogP contribution in [0.1, 0.15) is 94.1 Å². The van der Waals surface area contributed by atoms with Crippen molar-refractivity contribution in [2.45, 2.75) is 83.0 Å². The van der Waals surface area contributed by atoms with E-state index in [4.69, 9.17) is 0 Å². The van der Waals surface area contributed by atoms with E-state index in [-0.39, 0.29) is 18.4 Å². The van der Waals surface area contributed by atoms with E-state index in [1.807, 2.05) is 6.07 Å². The second-order valence-electron chi connectivity index (χ2n) is 9.74. The molecule has 2 aliphatic rings. The third-order valence-electron chi connectivity index (χ3n) is 7.76. The van der Waals surface area contributed by atoms with Crippen LogP contribution in [-0.4, -0.2) is 6.67 Å². The van der Waals surface area contributed by atoms with E-state index in [1.165, 1.54) is 31.2 Å². The average molecular weight is 411 g/mol. The number of hydrogen-bond donors (Lipinski definition) is 0. The van der Waals surface area contributed by atoms with Gasteiger partial charge in [0.15, 0.2) is 0 Å². The highest BCUT2D eigenvalue weighted by molar-refractivity contribution is 5.64. The van der Waals surface area contributed by atoms with E-state index >= 15 is 0 Å². The minimum absolute atomic E-state index is 0.0416. The number of rotatable bonds is 6. The Balaban J connectivity index is 1.41. The molecule has 162 valence electrons. The van der Waals surface area contributed by atoms with Crippen molar-refractivity contribution in [2.24, 2.45) is 11.8 Å². The molecule has 0 N–H and O–H groups in total. The third-order valence-corrected chi connectivity index (χ3v) is 7.76. The summed E-state index contributed by atoms with van der Waals surface area (Å²) in [5.74, 6) is 2.00. The quantitative estimate of drug-likeness (QED) is 0.446. The zero-order chi connectivity index (χ0) is 20.9. The van der Waals surface area contributed by atoms with Crippen LogP contribution in [0, 0.1) is 17.7 Å². The highest BCUT2D eigenvalue weighted by atomic mass is 19.1. The van der Waals surface area contributed by atoms with E-state index < -0.39 is 0 Å². The third kappa shape index (κ3) is 4.95. The molecule has 2 aliphatic carbocycles. The van der Waals surface area contributed by atoms with Gasteiger partial charge >= 0.3 is 0 Å². The van der Waals surface area contributed by atoms with Crippen LogP contribution in [0.4, 0.5) is 8.78 Å². The van der Waals surface area contributed by atoms with Crippen LogP contribution >= 0.6 is 0 Å². The molecule has 2 aromatic carbocycles. The van der Waals surface area contributed by atoms with Crippen LogP contribution in [0.25, 0.3) is 11.1 Å². The molecule has 0 radical (unpaired) electrons. The molecule has 0 aliphatic heterocycles. The smallest absolute Gasteiger partial charge is 0.127 e. The summed E-state index contributed by atoms with van der Waals surface area (Å²) in [6.45, 7) is 2.08. The van der Waals surface area contributed by atoms with Gasteiger partial charge in [-0.25, -0.2) is 4.39 Å². The molecule has 0 amide bonds. The summed E-state index contributed by atoms with van der Waals surface area (Å²) in [4.78, 5) is 0. The van der Waals surface area contributed by atoms with Crippen molar-refractivity contribution >= 4 is 0 Å². The molecule has 0 nitrogen and oxygen atoms in total. The second-order valence-corrected chi connectivity index (χ2v) is 9.74. The molecule has 0 saturated heterocycles. The van der Waals surface area contributed by atoms with Gasteiger partial charge in [-0.05, 0) is 103 Å². The van der Waals surface area contributed by atoms with Gasteiger partial charge in [-0.3, -0.25) is 4.39 Å². The molecule has 2 aromatic rings. The van der Waals surface area contributed by atoms with E-state index in [0.717, 1.165) is 61.1 Å². The number of hydrogen-bond acceptors (Lipinski definition) is 0. The predicted octanol–water partition coefficient (Wildman–Crippen LogP) is 8.81. The molecular weight excluding hydrogens is 374 g/mol. The first-order valence-electron chi connectivity index (χ1n) is 12.1. The van der Waals surface area contributed by atoms with Gasteiger partial charge in [-0.15, -0.1) is 0 Å². The monoisotopic (exact) mass is 410 g/mol. The molecule has 2 heteroatoms. The number of benzene rings is 2. The summed E-state index contributed by atoms with van der Waals surface area (Å²) >= 11 is 0. The molecule has 30 heavy (non-hydrogen) atoms. The Morgan fingerprint density at radius 1 is 0.733 bits per heavy atom. The molecule has 2 saturated carbocycles. The lowest BCUT2D eigenvalue weighted by Gasteiger charge is -2.29. The van der Waals surface area contributed by atoms with Gasteiger partial charge in [-0.2, -0.15) is 0 Å². The SMILES string of the molecule is CCCC1CCC(c2ccc(-c3ccc(C4CCC(CF)CC4)cc3)cc2F)CC1. The standard InChI is InChI=1S/C28H36F2/c1-2-3-20-4-10-25(11-5-20)27-17-16-26(18-28(27)30)24-14-12-23(13-15-24)22-8-6-21(19-29)7-9-22/h12-18,20-22,25H,2-11,19H2,1H3. The lowest BCUT2D eigenvalue weighted by molar-refractivity contribution is 0.263. The summed E-state index contributed by atoms with van der Waals surface area (Å²) in [6, 6.07) is 14.5. The van der Waals surface area contributed by atoms with Crippen LogP contribution in [0.2, 0.25) is 0 Å². The first-order chi connectivity index (χ1) is 14.7. The molecule has 0 spiro atoms. The highest BCUT2D eigenvalue weighted by Gasteiger charge is 2.24. The van der Waals surface area contributed by atoms with Crippen molar-refractivity contribution in [3.63, 3.8) is 0 Å². The number of alkyl halides is 1. The van der Waals surface area contributed by atoms with Gasteiger partial charge in [0.25, 0.3) is 0 Å². The van der Waals surface area contributed by atoms with Crippen LogP contribution in [0.3, 0.4) is 0 Å². The van der Waals surface area contributed by atoms with E-state index in [0.29, 0.717) is 11.8 Å². The minimum Gasteiger partial charge on any atom is -0.251 e. The van der Waals surface area contributed by atoms with Crippen molar-refractivity contribution in [3.8, 4) is 11.1 Å². The largest absolute Gasteiger partial charge is 0.251 e. The van der Waals surface area contributed by atoms with Crippen molar-refractivity contribution in [1.82, 2.24) is 0 Å². The molecule has 0 unspecified atom stereocenters. The summed E-state index contributed by atoms with van der Waals surface area (Å²) < 4.78 is 27.8. The summed E-state index contributed by atoms with van der Waals surface area (Å²) in [6.07, 6.45) is 11.5. The van der Waals surface area contributed by atoms with Gasteiger partial charge in [0.1, 0.15) is 5.82 Å². The normalized spacial score (nSPS) is 27.2. The van der Waals surface area contributed by atoms with Crippen molar-refractivity contribution < 1.29 is 8.78 Å². The lowest BCUT2D eigenvalue weighted by Crippen LogP contribution is -2.14. The van der Waals surface area contributed by atoms with Crippen LogP contribution < -0.4 is 0 Å². The maximum Gasteiger partial charge on any atom is 0.127 e. The zero-order valence-corrected chi connectivity index (χ0v) is 18.4. The topological polar surface area (TPSA) is 0 Å². The Morgan fingerprint density at radius 2 is 1.33 bits per heavy atom. The second kappa shape index (κ2) is 10.1. The molecule has 0 atom stereocenters. The summed E-state index contributed by atoms with van der Waals surface area (Å²) in [5.41, 5.74) is 4.30. The lowest BCUT2D eigenvalue weighted by atomic mass is 9.77. The molecule has 2 fully saturated rings. The molecule has 4 rings (SSSR count). The Kier molecular flexibility index (Phi) is 7.23. The van der Waals surface area contributed by atoms with E-state index in [1.54, 1.807) is 6.07 Å². The fourth-order valence-electron chi connectivity index (χ4n) is 5.81. The Labute approximate surface area is 181 Å². The van der Waals surface area contributed by atoms with E-state index in [9.17, 15) is 8.78 Å². The van der Waals surface area contributed by atoms with E-state index in [2.05, 4.69) is 37.3 Å². The molecule has 0 heterocycles. The average Bonchev–Trinajstić information content (AvgIpc) is 2.80. The van der Waals surface area contributed by atoms with Gasteiger partial charge in [-0.1, -0.05) is 56.2 Å². The molecule has 0 aromatic heterocycles. The first kappa shape index (κ1) is 21.5. The van der Waals surface area contributed by atoms with Gasteiger partial charge in [0, 0.05) is 0 Å². The summed E-state index contributed by atoms with van der Waals surface area (Å²) in [7, 11) is 0. The minimum atomic E-state index is -0.173. The maximum absolute atomic E-state index is 15.0. The number of halogens is 2. The molecular formula is C28H36F2. The van der Waals surface area contributed by atoms with Gasteiger partial charge < -0.3 is 0 Å². The molecule has 0 bridgehead atoms. The van der Waals surface area contributed by atoms with Crippen LogP contribution in [0.15, 0.2) is 42.5 Å². The zero-order valence-electron chi connectivity index (χ0n) is 18.4. The Morgan fingerprint density at radius 3 is 1.93 bits per heavy atom. The van der Waals surface area contributed by atoms with Crippen molar-refractivity contribution in [1.29, 1.82) is 0 Å². The fraction of sp³-hybridized carbons (Fsp3) is 0.571. The first-order valence-corrected chi connectivity index (χ1v) is 12.1. The maximum atomic E-state index is 15.0. The van der Waals surface area contributed by atoms with Crippen LogP contribution in [-0.2, 0) is 0 Å². The predicted molar refractivity (Wildman–Crippen MR) is 122 cm³/mol. The Bertz CT molecular complexity index is 794. The van der Waals surface area contributed by atoms with Crippen LogP contribution in [0.5, 0.6) is 0 Å². The highest BCUT2D eigenvalue weighted by Crippen LogP contribution is 2.40. The van der Waals surface area contributed by atoms with Gasteiger partial charge in [0.05, 0.1) is 6.67 Å². The fourth-order valence-corrected chi connectivity index (χ4v) is 5.81. The van der Waals surface area contributed by atoms with Crippen molar-refractivity contribution in [3.05, 3.63) is 59.4 Å². The summed E-state index contributed by atoms with van der Waals surface area (Å²) in [5, 5.41) is 0. The van der Waals surface area contributed by atoms with Gasteiger partial charge in [0.2, 0.25) is 0 Å². The van der Waals surface area contributed by atoms with Crippen molar-refractivity contribution in [2.75, 3.05) is 6.67 Å².